The molecule has 4 aliphatic carbocycles. The molecule has 0 amide bonds. The van der Waals surface area contributed by atoms with Crippen molar-refractivity contribution in [2.75, 3.05) is 37.6 Å². The summed E-state index contributed by atoms with van der Waals surface area (Å²) >= 11 is 0. The average Bonchev–Trinajstić information content (AvgIpc) is 3.17. The van der Waals surface area contributed by atoms with Crippen molar-refractivity contribution in [1.29, 1.82) is 0 Å². The Kier molecular flexibility index (Phi) is 6.21. The lowest BCUT2D eigenvalue weighted by molar-refractivity contribution is -0.179. The van der Waals surface area contributed by atoms with E-state index < -0.39 is 17.1 Å². The van der Waals surface area contributed by atoms with Gasteiger partial charge >= 0.3 is 0 Å². The predicted octanol–water partition coefficient (Wildman–Crippen LogP) is 3.03. The fourth-order valence-electron chi connectivity index (χ4n) is 9.22. The van der Waals surface area contributed by atoms with Crippen molar-refractivity contribution in [3.63, 3.8) is 0 Å². The third-order valence-corrected chi connectivity index (χ3v) is 11.1. The molecule has 0 unspecified atom stereocenters. The lowest BCUT2D eigenvalue weighted by Crippen LogP contribution is -2.63. The summed E-state index contributed by atoms with van der Waals surface area (Å²) in [7, 11) is 0. The molecule has 5 aliphatic rings. The third-order valence-electron chi connectivity index (χ3n) is 11.1. The van der Waals surface area contributed by atoms with Crippen molar-refractivity contribution in [3.05, 3.63) is 48.2 Å². The van der Waals surface area contributed by atoms with Gasteiger partial charge in [-0.2, -0.15) is 0 Å². The number of ketones is 2. The number of hydrogen-bond acceptors (Lipinski definition) is 7. The van der Waals surface area contributed by atoms with Crippen LogP contribution < -0.4 is 4.90 Å². The van der Waals surface area contributed by atoms with Crippen LogP contribution in [0.25, 0.3) is 0 Å². The van der Waals surface area contributed by atoms with Gasteiger partial charge in [0.1, 0.15) is 11.4 Å². The number of piperazine rings is 1. The zero-order valence-electron chi connectivity index (χ0n) is 22.8. The molecule has 204 valence electrons. The average molecular weight is 520 g/mol. The fourth-order valence-corrected chi connectivity index (χ4v) is 9.22. The number of carbonyl (C=O) groups is 2. The van der Waals surface area contributed by atoms with E-state index in [0.717, 1.165) is 50.4 Å². The van der Waals surface area contributed by atoms with Gasteiger partial charge < -0.3 is 15.1 Å². The number of fused-ring (bicyclic) bond motifs is 5. The topological polar surface area (TPSA) is 94.0 Å². The number of allylic oxidation sites excluding steroid dienone is 4. The van der Waals surface area contributed by atoms with E-state index in [1.54, 1.807) is 18.3 Å². The van der Waals surface area contributed by atoms with Crippen molar-refractivity contribution >= 4 is 17.4 Å². The first-order valence-electron chi connectivity index (χ1n) is 14.3. The normalized spacial score (nSPS) is 42.8. The first-order valence-corrected chi connectivity index (χ1v) is 14.3. The summed E-state index contributed by atoms with van der Waals surface area (Å²) in [6.07, 6.45) is 9.15. The monoisotopic (exact) mass is 519 g/mol. The van der Waals surface area contributed by atoms with Crippen LogP contribution in [-0.4, -0.2) is 76.1 Å². The Labute approximate surface area is 225 Å². The highest BCUT2D eigenvalue weighted by Crippen LogP contribution is 2.67. The molecule has 0 bridgehead atoms. The highest BCUT2D eigenvalue weighted by atomic mass is 16.3. The lowest BCUT2D eigenvalue weighted by Gasteiger charge is -2.60. The molecule has 1 saturated heterocycles. The summed E-state index contributed by atoms with van der Waals surface area (Å²) in [4.78, 5) is 34.9. The maximum Gasteiger partial charge on any atom is 0.178 e. The maximum absolute atomic E-state index is 13.8. The van der Waals surface area contributed by atoms with Crippen LogP contribution in [0.15, 0.2) is 48.2 Å². The van der Waals surface area contributed by atoms with E-state index in [9.17, 15) is 19.8 Å². The van der Waals surface area contributed by atoms with Crippen LogP contribution in [0.3, 0.4) is 0 Å². The number of anilines is 1. The number of pyridine rings is 1. The number of rotatable bonds is 4. The van der Waals surface area contributed by atoms with Crippen LogP contribution in [0.5, 0.6) is 0 Å². The van der Waals surface area contributed by atoms with Crippen LogP contribution in [0.4, 0.5) is 5.82 Å². The first-order chi connectivity index (χ1) is 18.1. The second-order valence-electron chi connectivity index (χ2n) is 13.0. The van der Waals surface area contributed by atoms with Crippen molar-refractivity contribution in [2.45, 2.75) is 58.2 Å². The Balaban J connectivity index is 1.19. The van der Waals surface area contributed by atoms with Gasteiger partial charge in [0, 0.05) is 49.1 Å². The minimum Gasteiger partial charge on any atom is -0.393 e. The second-order valence-corrected chi connectivity index (χ2v) is 13.0. The van der Waals surface area contributed by atoms with Crippen molar-refractivity contribution < 1.29 is 19.8 Å². The Bertz CT molecular complexity index is 1170. The number of carbonyl (C=O) groups excluding carboxylic acids is 2. The minimum absolute atomic E-state index is 0.00972. The molecule has 8 atom stereocenters. The van der Waals surface area contributed by atoms with E-state index in [-0.39, 0.29) is 47.2 Å². The van der Waals surface area contributed by atoms with E-state index in [0.29, 0.717) is 12.8 Å². The summed E-state index contributed by atoms with van der Waals surface area (Å²) in [6.45, 7) is 9.75. The number of hydrogen-bond donors (Lipinski definition) is 2. The van der Waals surface area contributed by atoms with E-state index >= 15 is 0 Å². The standard InChI is InChI=1S/C31H41N3O4/c1-20-16-22-23-8-10-31(38,26(37)19-33-12-14-34(15-13-33)27-6-4-5-11-32-27)30(23,3)18-25(36)28(22)29(2)9-7-21(35)17-24(20)29/h4-7,9,11,17,20,22-23,25,28,36,38H,8,10,12-16,18-19H2,1-3H3/t20-,22-,23-,25-,28+,29-,30-,31-/m0/s1. The number of aliphatic hydroxyl groups is 2. The predicted molar refractivity (Wildman–Crippen MR) is 145 cm³/mol. The molecule has 1 aliphatic heterocycles. The summed E-state index contributed by atoms with van der Waals surface area (Å²) in [5.74, 6) is 1.46. The minimum atomic E-state index is -1.43. The quantitative estimate of drug-likeness (QED) is 0.632. The van der Waals surface area contributed by atoms with Crippen LogP contribution in [0, 0.1) is 34.5 Å². The number of aliphatic hydroxyl groups excluding tert-OH is 1. The molecule has 7 heteroatoms. The molecule has 6 rings (SSSR count). The summed E-state index contributed by atoms with van der Waals surface area (Å²) in [6, 6.07) is 5.91. The molecule has 2 N–H and O–H groups in total. The van der Waals surface area contributed by atoms with Gasteiger partial charge in [0.15, 0.2) is 11.6 Å². The van der Waals surface area contributed by atoms with Crippen LogP contribution in [0.1, 0.15) is 46.5 Å². The van der Waals surface area contributed by atoms with E-state index in [2.05, 4.69) is 35.6 Å². The molecule has 0 radical (unpaired) electrons. The zero-order chi connectivity index (χ0) is 26.9. The summed E-state index contributed by atoms with van der Waals surface area (Å²) in [5.41, 5.74) is -1.33. The molecule has 0 aromatic carbocycles. The largest absolute Gasteiger partial charge is 0.393 e. The molecule has 2 heterocycles. The van der Waals surface area contributed by atoms with Gasteiger partial charge in [-0.25, -0.2) is 4.98 Å². The molecule has 1 aromatic heterocycles. The molecular weight excluding hydrogens is 478 g/mol. The molecule has 7 nitrogen and oxygen atoms in total. The zero-order valence-corrected chi connectivity index (χ0v) is 22.8. The van der Waals surface area contributed by atoms with Crippen molar-refractivity contribution in [1.82, 2.24) is 9.88 Å². The van der Waals surface area contributed by atoms with Crippen molar-refractivity contribution in [2.24, 2.45) is 34.5 Å². The van der Waals surface area contributed by atoms with Gasteiger partial charge in [-0.15, -0.1) is 0 Å². The summed E-state index contributed by atoms with van der Waals surface area (Å²) < 4.78 is 0. The van der Waals surface area contributed by atoms with Gasteiger partial charge in [-0.1, -0.05) is 38.5 Å². The molecular formula is C31H41N3O4. The number of Topliss-reactive ketones (excluding diaryl/α,β-unsaturated/α-hetero) is 1. The highest BCUT2D eigenvalue weighted by molar-refractivity contribution is 6.01. The SMILES string of the molecule is C[C@H]1C[C@@H]2[C@H]([C@@H](O)C[C@@]3(C)[C@H]2CC[C@]3(O)C(=O)CN2CCN(c3ccccn3)CC2)[C@@]2(C)C=CC(=O)C=C12. The van der Waals surface area contributed by atoms with E-state index in [4.69, 9.17) is 0 Å². The Hall–Kier alpha value is -2.35. The van der Waals surface area contributed by atoms with Gasteiger partial charge in [-0.3, -0.25) is 14.5 Å². The fraction of sp³-hybridized carbons (Fsp3) is 0.645. The molecule has 3 saturated carbocycles. The second kappa shape index (κ2) is 9.10. The summed E-state index contributed by atoms with van der Waals surface area (Å²) in [5, 5.41) is 23.8. The van der Waals surface area contributed by atoms with E-state index in [1.807, 2.05) is 24.3 Å². The van der Waals surface area contributed by atoms with Gasteiger partial charge in [0.05, 0.1) is 12.6 Å². The highest BCUT2D eigenvalue weighted by Gasteiger charge is 2.68. The Morgan fingerprint density at radius 1 is 1.18 bits per heavy atom. The van der Waals surface area contributed by atoms with E-state index in [1.165, 1.54) is 0 Å². The number of nitrogens with zero attached hydrogens (tertiary/aromatic N) is 3. The molecule has 0 spiro atoms. The van der Waals surface area contributed by atoms with Crippen LogP contribution in [0.2, 0.25) is 0 Å². The Morgan fingerprint density at radius 2 is 1.95 bits per heavy atom. The third kappa shape index (κ3) is 3.76. The first kappa shape index (κ1) is 25.9. The van der Waals surface area contributed by atoms with Gasteiger partial charge in [0.25, 0.3) is 0 Å². The number of aromatic nitrogens is 1. The van der Waals surface area contributed by atoms with Crippen LogP contribution >= 0.6 is 0 Å². The van der Waals surface area contributed by atoms with Crippen LogP contribution in [-0.2, 0) is 9.59 Å². The lowest BCUT2D eigenvalue weighted by atomic mass is 9.45. The van der Waals surface area contributed by atoms with Gasteiger partial charge in [-0.05, 0) is 67.7 Å². The van der Waals surface area contributed by atoms with Crippen molar-refractivity contribution in [3.8, 4) is 0 Å². The molecule has 38 heavy (non-hydrogen) atoms. The van der Waals surface area contributed by atoms with Gasteiger partial charge in [0.2, 0.25) is 0 Å². The molecule has 1 aromatic rings. The maximum atomic E-state index is 13.8. The smallest absolute Gasteiger partial charge is 0.178 e. The Morgan fingerprint density at radius 3 is 2.66 bits per heavy atom. The molecule has 4 fully saturated rings.